The maximum absolute atomic E-state index is 12.8. The Morgan fingerprint density at radius 1 is 1.05 bits per heavy atom. The molecule has 2 nitrogen and oxygen atoms in total. The normalized spacial score (nSPS) is 10.9. The number of aliphatic imine (C=N–C) groups is 1. The highest BCUT2D eigenvalue weighted by Crippen LogP contribution is 2.14. The third-order valence-corrected chi connectivity index (χ3v) is 2.84. The average Bonchev–Trinajstić information content (AvgIpc) is 2.48. The van der Waals surface area contributed by atoms with E-state index in [2.05, 4.69) is 11.9 Å². The Morgan fingerprint density at radius 2 is 1.75 bits per heavy atom. The van der Waals surface area contributed by atoms with Crippen LogP contribution in [0.1, 0.15) is 25.3 Å². The molecule has 0 aliphatic heterocycles. The summed E-state index contributed by atoms with van der Waals surface area (Å²) in [5.41, 5.74) is 1.71. The summed E-state index contributed by atoms with van der Waals surface area (Å²) in [6.45, 7) is 2.89. The Bertz CT molecular complexity index is 546. The molecule has 0 N–H and O–H groups in total. The first-order valence-electron chi connectivity index (χ1n) is 6.80. The fraction of sp³-hybridized carbons (Fsp3) is 0.235. The van der Waals surface area contributed by atoms with E-state index in [4.69, 9.17) is 4.74 Å². The molecule has 0 atom stereocenters. The summed E-state index contributed by atoms with van der Waals surface area (Å²) >= 11 is 0. The van der Waals surface area contributed by atoms with Gasteiger partial charge in [0.1, 0.15) is 11.6 Å². The van der Waals surface area contributed by atoms with Gasteiger partial charge in [0.05, 0.1) is 12.3 Å². The molecule has 2 rings (SSSR count). The van der Waals surface area contributed by atoms with Crippen LogP contribution in [-0.4, -0.2) is 12.8 Å². The number of nitrogens with zero attached hydrogens (tertiary/aromatic N) is 1. The van der Waals surface area contributed by atoms with E-state index in [1.807, 2.05) is 24.3 Å². The second-order valence-electron chi connectivity index (χ2n) is 4.51. The van der Waals surface area contributed by atoms with Gasteiger partial charge < -0.3 is 4.74 Å². The van der Waals surface area contributed by atoms with Crippen molar-refractivity contribution in [1.29, 1.82) is 0 Å². The van der Waals surface area contributed by atoms with E-state index in [0.717, 1.165) is 36.4 Å². The minimum absolute atomic E-state index is 0.252. The Kier molecular flexibility index (Phi) is 5.30. The van der Waals surface area contributed by atoms with Gasteiger partial charge in [-0.05, 0) is 60.5 Å². The minimum Gasteiger partial charge on any atom is -0.494 e. The van der Waals surface area contributed by atoms with Crippen LogP contribution in [0.2, 0.25) is 0 Å². The fourth-order valence-electron chi connectivity index (χ4n) is 1.66. The summed E-state index contributed by atoms with van der Waals surface area (Å²) in [5.74, 6) is 0.620. The van der Waals surface area contributed by atoms with E-state index in [1.54, 1.807) is 18.3 Å². The van der Waals surface area contributed by atoms with Crippen LogP contribution in [0.4, 0.5) is 10.1 Å². The molecule has 3 heteroatoms. The highest BCUT2D eigenvalue weighted by Gasteiger charge is 1.94. The molecule has 0 radical (unpaired) electrons. The van der Waals surface area contributed by atoms with Crippen LogP contribution in [-0.2, 0) is 0 Å². The summed E-state index contributed by atoms with van der Waals surface area (Å²) in [6.07, 6.45) is 3.94. The zero-order valence-corrected chi connectivity index (χ0v) is 11.6. The molecule has 0 saturated heterocycles. The second-order valence-corrected chi connectivity index (χ2v) is 4.51. The van der Waals surface area contributed by atoms with Gasteiger partial charge in [0.15, 0.2) is 0 Å². The smallest absolute Gasteiger partial charge is 0.123 e. The lowest BCUT2D eigenvalue weighted by molar-refractivity contribution is 0.309. The van der Waals surface area contributed by atoms with Crippen molar-refractivity contribution in [3.63, 3.8) is 0 Å². The molecule has 20 heavy (non-hydrogen) atoms. The molecule has 0 aliphatic carbocycles. The van der Waals surface area contributed by atoms with Crippen molar-refractivity contribution >= 4 is 11.9 Å². The largest absolute Gasteiger partial charge is 0.494 e. The highest BCUT2D eigenvalue weighted by atomic mass is 19.1. The standard InChI is InChI=1S/C17H18FNO/c1-2-3-12-20-17-10-4-14(5-11-17)13-19-16-8-6-15(18)7-9-16/h4-11,13H,2-3,12H2,1H3. The zero-order chi connectivity index (χ0) is 14.2. The molecule has 0 bridgehead atoms. The monoisotopic (exact) mass is 271 g/mol. The minimum atomic E-state index is -0.252. The molecular formula is C17H18FNO. The number of unbranched alkanes of at least 4 members (excludes halogenated alkanes) is 1. The lowest BCUT2D eigenvalue weighted by Gasteiger charge is -2.04. The highest BCUT2D eigenvalue weighted by molar-refractivity contribution is 5.82. The molecule has 2 aromatic rings. The lowest BCUT2D eigenvalue weighted by Crippen LogP contribution is -1.96. The van der Waals surface area contributed by atoms with Crippen LogP contribution in [0.15, 0.2) is 53.5 Å². The Hall–Kier alpha value is -2.16. The van der Waals surface area contributed by atoms with Gasteiger partial charge in [0, 0.05) is 6.21 Å². The maximum Gasteiger partial charge on any atom is 0.123 e. The lowest BCUT2D eigenvalue weighted by atomic mass is 10.2. The van der Waals surface area contributed by atoms with Crippen LogP contribution in [0.3, 0.4) is 0 Å². The number of hydrogen-bond donors (Lipinski definition) is 0. The zero-order valence-electron chi connectivity index (χ0n) is 11.6. The van der Waals surface area contributed by atoms with Crippen LogP contribution < -0.4 is 4.74 Å². The number of ether oxygens (including phenoxy) is 1. The molecule has 104 valence electrons. The molecular weight excluding hydrogens is 253 g/mol. The van der Waals surface area contributed by atoms with E-state index in [0.29, 0.717) is 0 Å². The van der Waals surface area contributed by atoms with Crippen molar-refractivity contribution in [2.45, 2.75) is 19.8 Å². The molecule has 0 amide bonds. The molecule has 0 fully saturated rings. The molecule has 2 aromatic carbocycles. The van der Waals surface area contributed by atoms with Crippen molar-refractivity contribution < 1.29 is 9.13 Å². The first-order valence-corrected chi connectivity index (χ1v) is 6.80. The summed E-state index contributed by atoms with van der Waals surface area (Å²) in [7, 11) is 0. The van der Waals surface area contributed by atoms with E-state index in [1.165, 1.54) is 12.1 Å². The summed E-state index contributed by atoms with van der Waals surface area (Å²) in [6, 6.07) is 13.9. The van der Waals surface area contributed by atoms with Gasteiger partial charge in [-0.1, -0.05) is 13.3 Å². The predicted molar refractivity (Wildman–Crippen MR) is 80.5 cm³/mol. The first kappa shape index (κ1) is 14.3. The first-order chi connectivity index (χ1) is 9.78. The van der Waals surface area contributed by atoms with Crippen molar-refractivity contribution in [3.05, 3.63) is 59.9 Å². The van der Waals surface area contributed by atoms with Crippen LogP contribution in [0.5, 0.6) is 5.75 Å². The number of benzene rings is 2. The Labute approximate surface area is 118 Å². The van der Waals surface area contributed by atoms with Crippen LogP contribution in [0, 0.1) is 5.82 Å². The van der Waals surface area contributed by atoms with Crippen LogP contribution in [0.25, 0.3) is 0 Å². The Balaban J connectivity index is 1.94. The van der Waals surface area contributed by atoms with Crippen molar-refractivity contribution in [1.82, 2.24) is 0 Å². The maximum atomic E-state index is 12.8. The molecule has 0 aliphatic rings. The third kappa shape index (κ3) is 4.50. The van der Waals surface area contributed by atoms with E-state index in [-0.39, 0.29) is 5.82 Å². The Morgan fingerprint density at radius 3 is 2.40 bits per heavy atom. The van der Waals surface area contributed by atoms with E-state index < -0.39 is 0 Å². The number of hydrogen-bond acceptors (Lipinski definition) is 2. The number of rotatable bonds is 6. The quantitative estimate of drug-likeness (QED) is 0.548. The van der Waals surface area contributed by atoms with Gasteiger partial charge in [0.25, 0.3) is 0 Å². The average molecular weight is 271 g/mol. The van der Waals surface area contributed by atoms with Gasteiger partial charge in [-0.3, -0.25) is 4.99 Å². The molecule has 0 unspecified atom stereocenters. The van der Waals surface area contributed by atoms with Gasteiger partial charge in [-0.15, -0.1) is 0 Å². The van der Waals surface area contributed by atoms with E-state index >= 15 is 0 Å². The SMILES string of the molecule is CCCCOc1ccc(C=Nc2ccc(F)cc2)cc1. The number of halogens is 1. The van der Waals surface area contributed by atoms with E-state index in [9.17, 15) is 4.39 Å². The van der Waals surface area contributed by atoms with Gasteiger partial charge >= 0.3 is 0 Å². The topological polar surface area (TPSA) is 21.6 Å². The molecule has 0 spiro atoms. The fourth-order valence-corrected chi connectivity index (χ4v) is 1.66. The van der Waals surface area contributed by atoms with Crippen molar-refractivity contribution in [3.8, 4) is 5.75 Å². The van der Waals surface area contributed by atoms with Crippen LogP contribution >= 0.6 is 0 Å². The van der Waals surface area contributed by atoms with Gasteiger partial charge in [-0.25, -0.2) is 4.39 Å². The third-order valence-electron chi connectivity index (χ3n) is 2.84. The van der Waals surface area contributed by atoms with Gasteiger partial charge in [-0.2, -0.15) is 0 Å². The molecule has 0 aromatic heterocycles. The second kappa shape index (κ2) is 7.43. The predicted octanol–water partition coefficient (Wildman–Crippen LogP) is 4.76. The molecule has 0 saturated carbocycles. The summed E-state index contributed by atoms with van der Waals surface area (Å²) < 4.78 is 18.3. The van der Waals surface area contributed by atoms with Crippen molar-refractivity contribution in [2.75, 3.05) is 6.61 Å². The molecule has 0 heterocycles. The van der Waals surface area contributed by atoms with Crippen molar-refractivity contribution in [2.24, 2.45) is 4.99 Å². The van der Waals surface area contributed by atoms with Gasteiger partial charge in [0.2, 0.25) is 0 Å². The summed E-state index contributed by atoms with van der Waals surface area (Å²) in [5, 5.41) is 0. The summed E-state index contributed by atoms with van der Waals surface area (Å²) in [4.78, 5) is 4.29.